The number of nitrogens with zero attached hydrogens (tertiary/aromatic N) is 4. The largest absolute Gasteiger partial charge is 0.394 e. The molecule has 1 aromatic heterocycles. The van der Waals surface area contributed by atoms with Crippen molar-refractivity contribution in [3.8, 4) is 0 Å². The Morgan fingerprint density at radius 3 is 2.58 bits per heavy atom. The van der Waals surface area contributed by atoms with E-state index in [-0.39, 0.29) is 5.82 Å². The Labute approximate surface area is 151 Å². The van der Waals surface area contributed by atoms with Crippen LogP contribution in [0.25, 0.3) is 0 Å². The van der Waals surface area contributed by atoms with E-state index in [1.807, 2.05) is 0 Å². The van der Waals surface area contributed by atoms with E-state index < -0.39 is 36.8 Å². The second-order valence-corrected chi connectivity index (χ2v) is 7.03. The Morgan fingerprint density at radius 1 is 1.31 bits per heavy atom. The summed E-state index contributed by atoms with van der Waals surface area (Å²) >= 11 is 0. The lowest BCUT2D eigenvalue weighted by Crippen LogP contribution is -2.42. The molecule has 0 spiro atoms. The van der Waals surface area contributed by atoms with Gasteiger partial charge in [0, 0.05) is 18.3 Å². The molecule has 2 aliphatic rings. The van der Waals surface area contributed by atoms with Gasteiger partial charge >= 0.3 is 5.69 Å². The summed E-state index contributed by atoms with van der Waals surface area (Å²) in [7, 11) is 0. The quantitative estimate of drug-likeness (QED) is 0.497. The molecule has 0 saturated carbocycles. The predicted molar refractivity (Wildman–Crippen MR) is 94.3 cm³/mol. The van der Waals surface area contributed by atoms with Gasteiger partial charge in [-0.05, 0) is 39.2 Å². The van der Waals surface area contributed by atoms with Gasteiger partial charge in [0.05, 0.1) is 12.9 Å². The van der Waals surface area contributed by atoms with Crippen LogP contribution in [0.2, 0.25) is 0 Å². The van der Waals surface area contributed by atoms with Gasteiger partial charge in [-0.15, -0.1) is 0 Å². The van der Waals surface area contributed by atoms with Crippen LogP contribution >= 0.6 is 0 Å². The Balaban J connectivity index is 1.76. The molecule has 9 heteroatoms. The fourth-order valence-corrected chi connectivity index (χ4v) is 3.57. The van der Waals surface area contributed by atoms with Crippen LogP contribution in [0.4, 0.5) is 5.82 Å². The number of rotatable bonds is 4. The number of ether oxygens (including phenoxy) is 1. The third kappa shape index (κ3) is 3.66. The fraction of sp³-hybridized carbons (Fsp3) is 0.706. The molecular weight excluding hydrogens is 340 g/mol. The molecule has 3 rings (SSSR count). The maximum atomic E-state index is 12.3. The summed E-state index contributed by atoms with van der Waals surface area (Å²) in [4.78, 5) is 22.7. The lowest BCUT2D eigenvalue weighted by atomic mass is 9.98. The van der Waals surface area contributed by atoms with Crippen LogP contribution in [0.1, 0.15) is 39.3 Å². The molecule has 2 saturated heterocycles. The Kier molecular flexibility index (Phi) is 5.71. The molecule has 6 atom stereocenters. The maximum absolute atomic E-state index is 12.3. The first-order chi connectivity index (χ1) is 12.4. The normalized spacial score (nSPS) is 35.3. The second-order valence-electron chi connectivity index (χ2n) is 7.03. The Bertz CT molecular complexity index is 699. The van der Waals surface area contributed by atoms with Crippen molar-refractivity contribution in [2.45, 2.75) is 69.7 Å². The molecule has 3 N–H and O–H groups in total. The van der Waals surface area contributed by atoms with E-state index in [1.54, 1.807) is 12.4 Å². The smallest absolute Gasteiger partial charge is 0.351 e. The van der Waals surface area contributed by atoms with Crippen molar-refractivity contribution in [1.82, 2.24) is 14.5 Å². The number of hydrogen-bond donors (Lipinski definition) is 3. The molecule has 26 heavy (non-hydrogen) atoms. The van der Waals surface area contributed by atoms with E-state index in [0.717, 1.165) is 17.4 Å². The highest BCUT2D eigenvalue weighted by Crippen LogP contribution is 2.28. The first-order valence-corrected chi connectivity index (χ1v) is 8.95. The summed E-state index contributed by atoms with van der Waals surface area (Å²) < 4.78 is 6.44. The van der Waals surface area contributed by atoms with Gasteiger partial charge in [0.15, 0.2) is 12.0 Å². The molecule has 3 unspecified atom stereocenters. The van der Waals surface area contributed by atoms with E-state index in [9.17, 15) is 15.0 Å². The van der Waals surface area contributed by atoms with Crippen LogP contribution in [-0.4, -0.2) is 73.1 Å². The summed E-state index contributed by atoms with van der Waals surface area (Å²) in [6.45, 7) is 3.84. The van der Waals surface area contributed by atoms with Gasteiger partial charge in [0.1, 0.15) is 18.3 Å². The lowest BCUT2D eigenvalue weighted by Gasteiger charge is -2.37. The molecular formula is C17H26N4O5. The van der Waals surface area contributed by atoms with Crippen LogP contribution in [0, 0.1) is 0 Å². The first kappa shape index (κ1) is 19.0. The van der Waals surface area contributed by atoms with E-state index in [1.165, 1.54) is 12.6 Å². The van der Waals surface area contributed by atoms with Gasteiger partial charge in [-0.25, -0.2) is 9.79 Å². The zero-order chi connectivity index (χ0) is 18.8. The fourth-order valence-electron chi connectivity index (χ4n) is 3.57. The molecule has 144 valence electrons. The van der Waals surface area contributed by atoms with Gasteiger partial charge in [-0.2, -0.15) is 4.98 Å². The molecule has 0 aromatic carbocycles. The first-order valence-electron chi connectivity index (χ1n) is 8.95. The van der Waals surface area contributed by atoms with E-state index in [4.69, 9.17) is 9.84 Å². The van der Waals surface area contributed by atoms with Gasteiger partial charge in [-0.3, -0.25) is 4.57 Å². The summed E-state index contributed by atoms with van der Waals surface area (Å²) in [6, 6.07) is 2.33. The minimum atomic E-state index is -1.32. The Morgan fingerprint density at radius 2 is 2.00 bits per heavy atom. The predicted octanol–water partition coefficient (Wildman–Crippen LogP) is -0.222. The van der Waals surface area contributed by atoms with Crippen molar-refractivity contribution in [3.63, 3.8) is 0 Å². The number of piperidine rings is 1. The summed E-state index contributed by atoms with van der Waals surface area (Å²) in [5.41, 5.74) is -0.644. The number of aliphatic imine (C=N–C) groups is 1. The van der Waals surface area contributed by atoms with Crippen LogP contribution in [0.15, 0.2) is 22.1 Å². The van der Waals surface area contributed by atoms with Crippen LogP contribution < -0.4 is 5.69 Å². The monoisotopic (exact) mass is 366 g/mol. The molecule has 0 aliphatic carbocycles. The van der Waals surface area contributed by atoms with Crippen molar-refractivity contribution in [1.29, 1.82) is 0 Å². The third-order valence-electron chi connectivity index (χ3n) is 5.19. The highest BCUT2D eigenvalue weighted by Gasteiger charge is 2.43. The van der Waals surface area contributed by atoms with Gasteiger partial charge in [0.2, 0.25) is 0 Å². The van der Waals surface area contributed by atoms with Crippen molar-refractivity contribution in [3.05, 3.63) is 22.7 Å². The van der Waals surface area contributed by atoms with Crippen molar-refractivity contribution in [2.75, 3.05) is 6.61 Å². The third-order valence-corrected chi connectivity index (χ3v) is 5.19. The number of aliphatic hydroxyl groups excluding tert-OH is 3. The number of likely N-dealkylation sites (tertiary alicyclic amines) is 1. The number of aromatic nitrogens is 2. The minimum absolute atomic E-state index is 0.267. The van der Waals surface area contributed by atoms with Crippen molar-refractivity contribution in [2.24, 2.45) is 4.99 Å². The number of aliphatic hydroxyl groups is 3. The zero-order valence-corrected chi connectivity index (χ0v) is 15.0. The molecule has 2 fully saturated rings. The Hall–Kier alpha value is -1.81. The standard InChI is InChI=1S/C17H26N4O5/c1-10-4-3-5-11(2)21(10)9-18-13-6-7-20(17(25)19-13)16-15(24)14(23)12(8-22)26-16/h6-7,9-12,14-16,22-24H,3-5,8H2,1-2H3/t10?,11?,12-,14+,15?,16-/m1/s1. The highest BCUT2D eigenvalue weighted by molar-refractivity contribution is 5.60. The van der Waals surface area contributed by atoms with E-state index >= 15 is 0 Å². The molecule has 0 bridgehead atoms. The zero-order valence-electron chi connectivity index (χ0n) is 15.0. The summed E-state index contributed by atoms with van der Waals surface area (Å²) in [6.07, 6.45) is 1.94. The average molecular weight is 366 g/mol. The average Bonchev–Trinajstić information content (AvgIpc) is 2.89. The van der Waals surface area contributed by atoms with Crippen molar-refractivity contribution < 1.29 is 20.1 Å². The summed E-state index contributed by atoms with van der Waals surface area (Å²) in [5.74, 6) is 0.267. The van der Waals surface area contributed by atoms with E-state index in [0.29, 0.717) is 12.1 Å². The van der Waals surface area contributed by atoms with Crippen LogP contribution in [0.3, 0.4) is 0 Å². The molecule has 0 radical (unpaired) electrons. The molecule has 0 amide bonds. The number of hydrogen-bond acceptors (Lipinski definition) is 7. The molecule has 2 aliphatic heterocycles. The van der Waals surface area contributed by atoms with Crippen LogP contribution in [0.5, 0.6) is 0 Å². The van der Waals surface area contributed by atoms with Gasteiger partial charge in [-0.1, -0.05) is 0 Å². The topological polar surface area (TPSA) is 120 Å². The highest BCUT2D eigenvalue weighted by atomic mass is 16.6. The van der Waals surface area contributed by atoms with Crippen molar-refractivity contribution >= 4 is 12.2 Å². The molecule has 9 nitrogen and oxygen atoms in total. The maximum Gasteiger partial charge on any atom is 0.351 e. The second kappa shape index (κ2) is 7.83. The van der Waals surface area contributed by atoms with Crippen LogP contribution in [-0.2, 0) is 4.74 Å². The van der Waals surface area contributed by atoms with E-state index in [2.05, 4.69) is 28.7 Å². The minimum Gasteiger partial charge on any atom is -0.394 e. The van der Waals surface area contributed by atoms with Gasteiger partial charge < -0.3 is 25.0 Å². The summed E-state index contributed by atoms with van der Waals surface area (Å²) in [5, 5.41) is 29.0. The van der Waals surface area contributed by atoms with Gasteiger partial charge in [0.25, 0.3) is 0 Å². The molecule has 3 heterocycles. The molecule has 1 aromatic rings. The lowest BCUT2D eigenvalue weighted by molar-refractivity contribution is -0.0549. The SMILES string of the molecule is CC1CCCC(C)N1C=Nc1ccn([C@@H]2O[C@H](CO)[C@H](O)C2O)c(=O)n1.